The van der Waals surface area contributed by atoms with Gasteiger partial charge in [-0.05, 0) is 6.92 Å². The summed E-state index contributed by atoms with van der Waals surface area (Å²) in [6, 6.07) is 0. The first-order chi connectivity index (χ1) is 5.29. The van der Waals surface area contributed by atoms with Gasteiger partial charge in [-0.3, -0.25) is 0 Å². The van der Waals surface area contributed by atoms with E-state index in [1.54, 1.807) is 11.3 Å². The summed E-state index contributed by atoms with van der Waals surface area (Å²) in [4.78, 5) is 1.36. The molecule has 7 heteroatoms. The normalized spacial score (nSPS) is 10.5. The molecule has 0 saturated carbocycles. The minimum Gasteiger partial charge on any atom is -0.418 e. The van der Waals surface area contributed by atoms with Crippen molar-refractivity contribution < 1.29 is 21.8 Å². The Kier molecular flexibility index (Phi) is 4.23. The lowest BCUT2D eigenvalue weighted by molar-refractivity contribution is -0.666. The molecule has 0 spiro atoms. The number of nitrogens with zero attached hydrogens (tertiary/aromatic N) is 1. The summed E-state index contributed by atoms with van der Waals surface area (Å²) >= 11 is 1.77. The van der Waals surface area contributed by atoms with Gasteiger partial charge in [0.1, 0.15) is 7.05 Å². The quantitative estimate of drug-likeness (QED) is 0.344. The van der Waals surface area contributed by atoms with Gasteiger partial charge in [-0.1, -0.05) is 11.3 Å². The first-order valence-electron chi connectivity index (χ1n) is 3.06. The molecule has 0 bridgehead atoms. The number of halogens is 4. The van der Waals surface area contributed by atoms with Crippen molar-refractivity contribution in [3.63, 3.8) is 0 Å². The van der Waals surface area contributed by atoms with Gasteiger partial charge < -0.3 is 17.3 Å². The van der Waals surface area contributed by atoms with Gasteiger partial charge in [0, 0.05) is 0 Å². The highest BCUT2D eigenvalue weighted by Gasteiger charge is 2.20. The zero-order chi connectivity index (χ0) is 9.78. The van der Waals surface area contributed by atoms with Crippen molar-refractivity contribution in [3.05, 3.63) is 16.6 Å². The van der Waals surface area contributed by atoms with E-state index in [0.29, 0.717) is 0 Å². The zero-order valence-electron chi connectivity index (χ0n) is 6.60. The first kappa shape index (κ1) is 11.4. The molecule has 0 N–H and O–H groups in total. The highest BCUT2D eigenvalue weighted by Crippen LogP contribution is 2.06. The Balaban J connectivity index is 0.000000217. The summed E-state index contributed by atoms with van der Waals surface area (Å²) in [5.41, 5.74) is 2.08. The average molecular weight is 201 g/mol. The number of aromatic nitrogens is 1. The molecule has 1 heterocycles. The highest BCUT2D eigenvalue weighted by atomic mass is 32.1. The van der Waals surface area contributed by atoms with E-state index in [0.717, 1.165) is 0 Å². The Morgan fingerprint density at radius 1 is 1.33 bits per heavy atom. The molecule has 0 radical (unpaired) electrons. The summed E-state index contributed by atoms with van der Waals surface area (Å²) in [7, 11) is -3.97. The molecule has 0 aliphatic rings. The van der Waals surface area contributed by atoms with Crippen LogP contribution in [-0.4, -0.2) is 7.25 Å². The predicted molar refractivity (Wildman–Crippen MR) is 40.4 cm³/mol. The van der Waals surface area contributed by atoms with Crippen LogP contribution >= 0.6 is 11.3 Å². The van der Waals surface area contributed by atoms with Crippen LogP contribution in [-0.2, 0) is 7.05 Å². The van der Waals surface area contributed by atoms with Gasteiger partial charge in [-0.25, -0.2) is 0 Å². The largest absolute Gasteiger partial charge is 0.673 e. The number of aryl methyl sites for hydroxylation is 2. The fourth-order valence-corrected chi connectivity index (χ4v) is 1.13. The molecule has 0 saturated heterocycles. The van der Waals surface area contributed by atoms with Crippen LogP contribution in [0.25, 0.3) is 0 Å². The fourth-order valence-electron chi connectivity index (χ4n) is 0.514. The van der Waals surface area contributed by atoms with E-state index >= 15 is 0 Å². The van der Waals surface area contributed by atoms with Crippen molar-refractivity contribution in [2.24, 2.45) is 7.05 Å². The number of thiazole rings is 1. The topological polar surface area (TPSA) is 3.88 Å². The molecular weight excluding hydrogens is 193 g/mol. The molecule has 1 aromatic rings. The van der Waals surface area contributed by atoms with E-state index in [9.17, 15) is 17.3 Å². The Morgan fingerprint density at radius 2 is 1.75 bits per heavy atom. The minimum atomic E-state index is -6.00. The molecule has 70 valence electrons. The third-order valence-electron chi connectivity index (χ3n) is 0.790. The maximum absolute atomic E-state index is 9.75. The van der Waals surface area contributed by atoms with Crippen LogP contribution in [0.4, 0.5) is 17.3 Å². The predicted octanol–water partition coefficient (Wildman–Crippen LogP) is 2.18. The van der Waals surface area contributed by atoms with Crippen molar-refractivity contribution in [2.75, 3.05) is 0 Å². The second-order valence-electron chi connectivity index (χ2n) is 2.12. The smallest absolute Gasteiger partial charge is 0.418 e. The Morgan fingerprint density at radius 3 is 1.83 bits per heavy atom. The van der Waals surface area contributed by atoms with Gasteiger partial charge in [0.05, 0.1) is 4.88 Å². The Labute approximate surface area is 71.8 Å². The Hall–Kier alpha value is -0.585. The number of hydrogen-bond donors (Lipinski definition) is 0. The second kappa shape index (κ2) is 4.44. The van der Waals surface area contributed by atoms with Gasteiger partial charge >= 0.3 is 7.25 Å². The standard InChI is InChI=1S/C5H8NS.BF4/c1-5-3-6(2)4-7-5;2-1(3,4)5/h3-4H,1-2H3;/q+1;-1. The summed E-state index contributed by atoms with van der Waals surface area (Å²) in [6.45, 7) is 2.10. The highest BCUT2D eigenvalue weighted by molar-refractivity contribution is 7.09. The van der Waals surface area contributed by atoms with Gasteiger partial charge in [-0.15, -0.1) is 0 Å². The van der Waals surface area contributed by atoms with Crippen molar-refractivity contribution >= 4 is 18.6 Å². The van der Waals surface area contributed by atoms with Crippen molar-refractivity contribution in [3.8, 4) is 0 Å². The molecule has 0 aromatic carbocycles. The molecule has 1 nitrogen and oxygen atoms in total. The van der Waals surface area contributed by atoms with E-state index in [2.05, 4.69) is 23.2 Å². The van der Waals surface area contributed by atoms with E-state index in [-0.39, 0.29) is 0 Å². The molecule has 1 aromatic heterocycles. The van der Waals surface area contributed by atoms with Crippen molar-refractivity contribution in [2.45, 2.75) is 6.92 Å². The minimum absolute atomic E-state index is 1.36. The van der Waals surface area contributed by atoms with Crippen LogP contribution in [0.2, 0.25) is 0 Å². The van der Waals surface area contributed by atoms with E-state index in [1.807, 2.05) is 7.05 Å². The van der Waals surface area contributed by atoms with Gasteiger partial charge in [0.25, 0.3) is 0 Å². The maximum atomic E-state index is 9.75. The molecule has 0 atom stereocenters. The lowest BCUT2D eigenvalue weighted by atomic mass is 10.3. The summed E-state index contributed by atoms with van der Waals surface area (Å²) in [6.07, 6.45) is 2.10. The molecule has 0 aliphatic carbocycles. The van der Waals surface area contributed by atoms with E-state index in [1.165, 1.54) is 4.88 Å². The maximum Gasteiger partial charge on any atom is 0.673 e. The number of rotatable bonds is 0. The van der Waals surface area contributed by atoms with Crippen LogP contribution < -0.4 is 4.57 Å². The van der Waals surface area contributed by atoms with Gasteiger partial charge in [0.15, 0.2) is 6.20 Å². The van der Waals surface area contributed by atoms with Crippen LogP contribution in [0.15, 0.2) is 11.7 Å². The monoisotopic (exact) mass is 201 g/mol. The third kappa shape index (κ3) is 9.41. The zero-order valence-corrected chi connectivity index (χ0v) is 7.42. The van der Waals surface area contributed by atoms with E-state index in [4.69, 9.17) is 0 Å². The molecule has 0 fully saturated rings. The Bertz CT molecular complexity index is 211. The average Bonchev–Trinajstić information content (AvgIpc) is 2.09. The van der Waals surface area contributed by atoms with Crippen LogP contribution in [0.5, 0.6) is 0 Å². The lowest BCUT2D eigenvalue weighted by Gasteiger charge is -1.94. The van der Waals surface area contributed by atoms with Crippen molar-refractivity contribution in [1.82, 2.24) is 0 Å². The molecule has 0 aliphatic heterocycles. The molecule has 0 amide bonds. The van der Waals surface area contributed by atoms with Crippen LogP contribution in [0.1, 0.15) is 4.88 Å². The second-order valence-corrected chi connectivity index (χ2v) is 3.21. The van der Waals surface area contributed by atoms with Crippen molar-refractivity contribution in [1.29, 1.82) is 0 Å². The van der Waals surface area contributed by atoms with Crippen LogP contribution in [0, 0.1) is 6.92 Å². The number of hydrogen-bond acceptors (Lipinski definition) is 1. The molecular formula is C5H8BF4NS. The first-order valence-corrected chi connectivity index (χ1v) is 3.94. The van der Waals surface area contributed by atoms with Gasteiger partial charge in [-0.2, -0.15) is 4.57 Å². The van der Waals surface area contributed by atoms with Crippen LogP contribution in [0.3, 0.4) is 0 Å². The summed E-state index contributed by atoms with van der Waals surface area (Å²) < 4.78 is 41.1. The molecule has 1 rings (SSSR count). The SMILES string of the molecule is Cc1c[n+](C)cs1.F[B-](F)(F)F. The molecule has 12 heavy (non-hydrogen) atoms. The third-order valence-corrected chi connectivity index (χ3v) is 1.71. The van der Waals surface area contributed by atoms with E-state index < -0.39 is 7.25 Å². The van der Waals surface area contributed by atoms with Gasteiger partial charge in [0.2, 0.25) is 5.51 Å². The lowest BCUT2D eigenvalue weighted by Crippen LogP contribution is -2.22. The fraction of sp³-hybridized carbons (Fsp3) is 0.400. The molecule has 0 unspecified atom stereocenters. The summed E-state index contributed by atoms with van der Waals surface area (Å²) in [5.74, 6) is 0. The summed E-state index contributed by atoms with van der Waals surface area (Å²) in [5, 5.41) is 0.